The lowest BCUT2D eigenvalue weighted by atomic mass is 10.1. The molecule has 1 fully saturated rings. The number of H-pyrrole nitrogens is 1. The summed E-state index contributed by atoms with van der Waals surface area (Å²) in [6.07, 6.45) is 0.721. The lowest BCUT2D eigenvalue weighted by Crippen LogP contribution is -2.45. The number of amides is 1. The first kappa shape index (κ1) is 15.1. The number of rotatable bonds is 4. The maximum absolute atomic E-state index is 12.4. The van der Waals surface area contributed by atoms with Crippen LogP contribution in [-0.4, -0.2) is 40.5 Å². The number of benzene rings is 1. The van der Waals surface area contributed by atoms with Gasteiger partial charge in [-0.15, -0.1) is 0 Å². The Kier molecular flexibility index (Phi) is 4.18. The molecule has 118 valence electrons. The molecule has 5 heteroatoms. The molecule has 5 nitrogen and oxygen atoms in total. The summed E-state index contributed by atoms with van der Waals surface area (Å²) >= 11 is 0. The average molecular weight is 300 g/mol. The second-order valence-corrected chi connectivity index (χ2v) is 6.49. The molecule has 1 saturated heterocycles. The zero-order valence-corrected chi connectivity index (χ0v) is 13.2. The Labute approximate surface area is 130 Å². The van der Waals surface area contributed by atoms with Crippen molar-refractivity contribution in [1.29, 1.82) is 0 Å². The SMILES string of the molecule is CC(C)NC(=O)[C@@H]1C[C@@H](N)CN1Cc1cc2ccccc2[nH]1. The molecule has 0 spiro atoms. The van der Waals surface area contributed by atoms with E-state index < -0.39 is 0 Å². The highest BCUT2D eigenvalue weighted by Gasteiger charge is 2.35. The predicted octanol–water partition coefficient (Wildman–Crippen LogP) is 1.59. The van der Waals surface area contributed by atoms with Crippen molar-refractivity contribution in [1.82, 2.24) is 15.2 Å². The van der Waals surface area contributed by atoms with Crippen LogP contribution in [0.3, 0.4) is 0 Å². The van der Waals surface area contributed by atoms with Gasteiger partial charge in [0.1, 0.15) is 0 Å². The van der Waals surface area contributed by atoms with Gasteiger partial charge in [0.05, 0.1) is 6.04 Å². The molecule has 3 rings (SSSR count). The number of hydrogen-bond acceptors (Lipinski definition) is 3. The number of aromatic nitrogens is 1. The van der Waals surface area contributed by atoms with Crippen LogP contribution in [0.5, 0.6) is 0 Å². The summed E-state index contributed by atoms with van der Waals surface area (Å²) in [6.45, 7) is 5.44. The van der Waals surface area contributed by atoms with E-state index in [2.05, 4.69) is 33.4 Å². The number of nitrogens with zero attached hydrogens (tertiary/aromatic N) is 1. The Morgan fingerprint density at radius 1 is 1.45 bits per heavy atom. The molecule has 22 heavy (non-hydrogen) atoms. The number of carbonyl (C=O) groups excluding carboxylic acids is 1. The van der Waals surface area contributed by atoms with Crippen LogP contribution in [0.25, 0.3) is 10.9 Å². The van der Waals surface area contributed by atoms with Gasteiger partial charge in [0.2, 0.25) is 5.91 Å². The summed E-state index contributed by atoms with van der Waals surface area (Å²) in [5, 5.41) is 4.20. The number of hydrogen-bond donors (Lipinski definition) is 3. The molecule has 1 aliphatic heterocycles. The van der Waals surface area contributed by atoms with Crippen LogP contribution in [0.15, 0.2) is 30.3 Å². The average Bonchev–Trinajstić information content (AvgIpc) is 3.01. The predicted molar refractivity (Wildman–Crippen MR) is 88.4 cm³/mol. The van der Waals surface area contributed by atoms with Crippen LogP contribution in [0.2, 0.25) is 0 Å². The van der Waals surface area contributed by atoms with Crippen molar-refractivity contribution < 1.29 is 4.79 Å². The number of carbonyl (C=O) groups is 1. The van der Waals surface area contributed by atoms with Crippen molar-refractivity contribution in [2.24, 2.45) is 5.73 Å². The zero-order valence-electron chi connectivity index (χ0n) is 13.2. The van der Waals surface area contributed by atoms with Crippen molar-refractivity contribution >= 4 is 16.8 Å². The monoisotopic (exact) mass is 300 g/mol. The first-order valence-corrected chi connectivity index (χ1v) is 7.89. The summed E-state index contributed by atoms with van der Waals surface area (Å²) in [5.74, 6) is 0.0825. The fourth-order valence-electron chi connectivity index (χ4n) is 3.20. The fourth-order valence-corrected chi connectivity index (χ4v) is 3.20. The van der Waals surface area contributed by atoms with E-state index in [4.69, 9.17) is 5.73 Å². The van der Waals surface area contributed by atoms with E-state index in [0.717, 1.165) is 30.7 Å². The molecular weight excluding hydrogens is 276 g/mol. The number of para-hydroxylation sites is 1. The van der Waals surface area contributed by atoms with E-state index >= 15 is 0 Å². The van der Waals surface area contributed by atoms with Gasteiger partial charge in [-0.3, -0.25) is 9.69 Å². The van der Waals surface area contributed by atoms with Gasteiger partial charge in [-0.25, -0.2) is 0 Å². The molecule has 1 amide bonds. The summed E-state index contributed by atoms with van der Waals surface area (Å²) in [4.78, 5) is 18.0. The molecular formula is C17H24N4O. The van der Waals surface area contributed by atoms with Crippen LogP contribution in [0.1, 0.15) is 26.0 Å². The second kappa shape index (κ2) is 6.10. The normalized spacial score (nSPS) is 22.5. The Bertz CT molecular complexity index is 630. The van der Waals surface area contributed by atoms with Gasteiger partial charge in [0, 0.05) is 36.4 Å². The quantitative estimate of drug-likeness (QED) is 0.803. The summed E-state index contributed by atoms with van der Waals surface area (Å²) in [6, 6.07) is 10.4. The third-order valence-electron chi connectivity index (χ3n) is 4.13. The fraction of sp³-hybridized carbons (Fsp3) is 0.471. The highest BCUT2D eigenvalue weighted by atomic mass is 16.2. The van der Waals surface area contributed by atoms with Crippen molar-refractivity contribution in [3.63, 3.8) is 0 Å². The Balaban J connectivity index is 1.75. The number of nitrogens with two attached hydrogens (primary N) is 1. The standard InChI is InChI=1S/C17H24N4O/c1-11(2)19-17(22)16-8-13(18)9-21(16)10-14-7-12-5-3-4-6-15(12)20-14/h3-7,11,13,16,20H,8-10,18H2,1-2H3,(H,19,22)/t13-,16+/m1/s1. The Morgan fingerprint density at radius 2 is 2.23 bits per heavy atom. The minimum absolute atomic E-state index is 0.0623. The molecule has 0 unspecified atom stereocenters. The van der Waals surface area contributed by atoms with Gasteiger partial charge < -0.3 is 16.0 Å². The minimum atomic E-state index is -0.135. The van der Waals surface area contributed by atoms with Gasteiger partial charge in [-0.2, -0.15) is 0 Å². The van der Waals surface area contributed by atoms with E-state index in [-0.39, 0.29) is 24.0 Å². The van der Waals surface area contributed by atoms with E-state index in [9.17, 15) is 4.79 Å². The first-order valence-electron chi connectivity index (χ1n) is 7.89. The zero-order chi connectivity index (χ0) is 15.7. The number of aromatic amines is 1. The van der Waals surface area contributed by atoms with Gasteiger partial charge in [0.25, 0.3) is 0 Å². The van der Waals surface area contributed by atoms with Crippen molar-refractivity contribution in [2.45, 2.75) is 44.9 Å². The highest BCUT2D eigenvalue weighted by Crippen LogP contribution is 2.22. The van der Waals surface area contributed by atoms with E-state index in [0.29, 0.717) is 0 Å². The van der Waals surface area contributed by atoms with Crippen LogP contribution < -0.4 is 11.1 Å². The number of fused-ring (bicyclic) bond motifs is 1. The lowest BCUT2D eigenvalue weighted by molar-refractivity contribution is -0.126. The molecule has 2 aromatic rings. The maximum atomic E-state index is 12.4. The van der Waals surface area contributed by atoms with E-state index in [1.54, 1.807) is 0 Å². The molecule has 2 atom stereocenters. The first-order chi connectivity index (χ1) is 10.5. The lowest BCUT2D eigenvalue weighted by Gasteiger charge is -2.23. The second-order valence-electron chi connectivity index (χ2n) is 6.49. The molecule has 0 radical (unpaired) electrons. The summed E-state index contributed by atoms with van der Waals surface area (Å²) in [7, 11) is 0. The van der Waals surface area contributed by atoms with Gasteiger partial charge in [-0.1, -0.05) is 18.2 Å². The third kappa shape index (κ3) is 3.15. The molecule has 0 saturated carbocycles. The largest absolute Gasteiger partial charge is 0.357 e. The van der Waals surface area contributed by atoms with Gasteiger partial charge in [-0.05, 0) is 37.8 Å². The summed E-state index contributed by atoms with van der Waals surface area (Å²) < 4.78 is 0. The molecule has 1 aliphatic rings. The highest BCUT2D eigenvalue weighted by molar-refractivity contribution is 5.82. The Morgan fingerprint density at radius 3 is 2.95 bits per heavy atom. The number of likely N-dealkylation sites (tertiary alicyclic amines) is 1. The van der Waals surface area contributed by atoms with Crippen LogP contribution in [0.4, 0.5) is 0 Å². The van der Waals surface area contributed by atoms with E-state index in [1.807, 2.05) is 26.0 Å². The number of nitrogens with one attached hydrogen (secondary N) is 2. The molecule has 1 aromatic carbocycles. The molecule has 1 aromatic heterocycles. The van der Waals surface area contributed by atoms with Crippen LogP contribution in [-0.2, 0) is 11.3 Å². The molecule has 0 bridgehead atoms. The molecule has 2 heterocycles. The van der Waals surface area contributed by atoms with Gasteiger partial charge in [0.15, 0.2) is 0 Å². The summed E-state index contributed by atoms with van der Waals surface area (Å²) in [5.41, 5.74) is 8.33. The minimum Gasteiger partial charge on any atom is -0.357 e. The topological polar surface area (TPSA) is 74.2 Å². The van der Waals surface area contributed by atoms with Crippen LogP contribution >= 0.6 is 0 Å². The Hall–Kier alpha value is -1.85. The van der Waals surface area contributed by atoms with Crippen molar-refractivity contribution in [2.75, 3.05) is 6.54 Å². The van der Waals surface area contributed by atoms with Crippen molar-refractivity contribution in [3.8, 4) is 0 Å². The maximum Gasteiger partial charge on any atom is 0.237 e. The third-order valence-corrected chi connectivity index (χ3v) is 4.13. The van der Waals surface area contributed by atoms with Gasteiger partial charge >= 0.3 is 0 Å². The molecule has 0 aliphatic carbocycles. The smallest absolute Gasteiger partial charge is 0.237 e. The van der Waals surface area contributed by atoms with E-state index in [1.165, 1.54) is 5.39 Å². The van der Waals surface area contributed by atoms with Crippen LogP contribution in [0, 0.1) is 0 Å². The van der Waals surface area contributed by atoms with Crippen molar-refractivity contribution in [3.05, 3.63) is 36.0 Å². The molecule has 4 N–H and O–H groups in total.